The summed E-state index contributed by atoms with van der Waals surface area (Å²) in [5, 5.41) is 0. The summed E-state index contributed by atoms with van der Waals surface area (Å²) in [6, 6.07) is 0. The van der Waals surface area contributed by atoms with Crippen LogP contribution in [-0.2, 0) is 6.42 Å². The molecular weight excluding hydrogens is 231 g/mol. The first-order chi connectivity index (χ1) is 7.70. The number of nitrogens with two attached hydrogens (primary N) is 1. The molecule has 3 nitrogen and oxygen atoms in total. The van der Waals surface area contributed by atoms with Gasteiger partial charge >= 0.3 is 6.18 Å². The Morgan fingerprint density at radius 3 is 2.24 bits per heavy atom. The number of hydrogen-bond donors (Lipinski definition) is 1. The summed E-state index contributed by atoms with van der Waals surface area (Å²) in [7, 11) is 0. The Labute approximate surface area is 98.3 Å². The fourth-order valence-electron chi connectivity index (χ4n) is 1.74. The van der Waals surface area contributed by atoms with Gasteiger partial charge in [0, 0.05) is 17.7 Å². The number of aryl methyl sites for hydroxylation is 2. The number of alkyl halides is 3. The number of hydrogen-bond acceptors (Lipinski definition) is 3. The van der Waals surface area contributed by atoms with Crippen molar-refractivity contribution >= 4 is 5.82 Å². The molecule has 0 saturated heterocycles. The van der Waals surface area contributed by atoms with Crippen molar-refractivity contribution in [2.45, 2.75) is 45.7 Å². The average molecular weight is 247 g/mol. The summed E-state index contributed by atoms with van der Waals surface area (Å²) >= 11 is 0. The molecule has 0 aromatic carbocycles. The van der Waals surface area contributed by atoms with Gasteiger partial charge in [0.1, 0.15) is 11.6 Å². The molecule has 0 aliphatic carbocycles. The molecule has 0 aliphatic heterocycles. The van der Waals surface area contributed by atoms with Crippen molar-refractivity contribution in [1.82, 2.24) is 9.97 Å². The molecule has 0 amide bonds. The Morgan fingerprint density at radius 1 is 1.24 bits per heavy atom. The lowest BCUT2D eigenvalue weighted by Gasteiger charge is -2.13. The molecule has 0 unspecified atom stereocenters. The first-order valence-electron chi connectivity index (χ1n) is 5.40. The molecule has 1 heterocycles. The predicted molar refractivity (Wildman–Crippen MR) is 59.6 cm³/mol. The van der Waals surface area contributed by atoms with Crippen LogP contribution in [0, 0.1) is 6.92 Å². The summed E-state index contributed by atoms with van der Waals surface area (Å²) in [5.41, 5.74) is 7.19. The van der Waals surface area contributed by atoms with Gasteiger partial charge in [-0.2, -0.15) is 13.2 Å². The van der Waals surface area contributed by atoms with Crippen LogP contribution >= 0.6 is 0 Å². The summed E-state index contributed by atoms with van der Waals surface area (Å²) in [4.78, 5) is 7.99. The second kappa shape index (κ2) is 4.89. The minimum atomic E-state index is -4.19. The number of anilines is 1. The third-order valence-corrected chi connectivity index (χ3v) is 2.42. The summed E-state index contributed by atoms with van der Waals surface area (Å²) in [5.74, 6) is 0.595. The lowest BCUT2D eigenvalue weighted by molar-refractivity contribution is -0.134. The van der Waals surface area contributed by atoms with E-state index in [9.17, 15) is 13.2 Å². The van der Waals surface area contributed by atoms with Gasteiger partial charge in [0.15, 0.2) is 0 Å². The summed E-state index contributed by atoms with van der Waals surface area (Å²) < 4.78 is 36.2. The van der Waals surface area contributed by atoms with Crippen molar-refractivity contribution in [2.24, 2.45) is 0 Å². The van der Waals surface area contributed by atoms with Crippen molar-refractivity contribution in [1.29, 1.82) is 0 Å². The highest BCUT2D eigenvalue weighted by Gasteiger charge is 2.27. The Balaban J connectivity index is 2.91. The Morgan fingerprint density at radius 2 is 1.82 bits per heavy atom. The van der Waals surface area contributed by atoms with Crippen molar-refractivity contribution in [3.05, 3.63) is 17.1 Å². The van der Waals surface area contributed by atoms with Gasteiger partial charge in [-0.05, 0) is 12.8 Å². The maximum absolute atomic E-state index is 12.1. The van der Waals surface area contributed by atoms with Gasteiger partial charge in [0.2, 0.25) is 0 Å². The number of nitrogens with zero attached hydrogens (tertiary/aromatic N) is 2. The normalized spacial score (nSPS) is 12.2. The number of halogens is 3. The molecule has 17 heavy (non-hydrogen) atoms. The molecule has 1 rings (SSSR count). The van der Waals surface area contributed by atoms with Crippen LogP contribution < -0.4 is 5.73 Å². The zero-order chi connectivity index (χ0) is 13.2. The number of nitrogen functional groups attached to an aromatic ring is 1. The largest absolute Gasteiger partial charge is 0.389 e. The highest BCUT2D eigenvalue weighted by Crippen LogP contribution is 2.25. The highest BCUT2D eigenvalue weighted by atomic mass is 19.4. The Kier molecular flexibility index (Phi) is 3.95. The van der Waals surface area contributed by atoms with E-state index < -0.39 is 12.6 Å². The van der Waals surface area contributed by atoms with Crippen LogP contribution in [-0.4, -0.2) is 16.1 Å². The standard InChI is InChI=1S/C11H16F3N3/c1-6(2)9-7(3)16-8(17-10(9)15)4-5-11(12,13)14/h6H,4-5H2,1-3H3,(H2,15,16,17). The molecule has 0 spiro atoms. The van der Waals surface area contributed by atoms with Gasteiger partial charge in [0.25, 0.3) is 0 Å². The van der Waals surface area contributed by atoms with E-state index in [4.69, 9.17) is 5.73 Å². The first-order valence-corrected chi connectivity index (χ1v) is 5.40. The minimum Gasteiger partial charge on any atom is -0.383 e. The SMILES string of the molecule is Cc1nc(CCC(F)(F)F)nc(N)c1C(C)C. The van der Waals surface area contributed by atoms with Gasteiger partial charge < -0.3 is 5.73 Å². The number of rotatable bonds is 3. The lowest BCUT2D eigenvalue weighted by atomic mass is 10.0. The number of aromatic nitrogens is 2. The van der Waals surface area contributed by atoms with E-state index in [1.54, 1.807) is 6.92 Å². The topological polar surface area (TPSA) is 51.8 Å². The zero-order valence-electron chi connectivity index (χ0n) is 10.1. The maximum atomic E-state index is 12.1. The zero-order valence-corrected chi connectivity index (χ0v) is 10.1. The first kappa shape index (κ1) is 13.7. The fourth-order valence-corrected chi connectivity index (χ4v) is 1.74. The van der Waals surface area contributed by atoms with E-state index in [0.29, 0.717) is 5.69 Å². The van der Waals surface area contributed by atoms with E-state index >= 15 is 0 Å². The van der Waals surface area contributed by atoms with Crippen molar-refractivity contribution in [3.63, 3.8) is 0 Å². The van der Waals surface area contributed by atoms with E-state index in [2.05, 4.69) is 9.97 Å². The molecule has 0 fully saturated rings. The van der Waals surface area contributed by atoms with Crippen LogP contribution in [0.3, 0.4) is 0 Å². The van der Waals surface area contributed by atoms with E-state index in [1.165, 1.54) is 0 Å². The van der Waals surface area contributed by atoms with Gasteiger partial charge in [-0.3, -0.25) is 0 Å². The molecule has 0 atom stereocenters. The van der Waals surface area contributed by atoms with E-state index in [0.717, 1.165) is 5.56 Å². The van der Waals surface area contributed by atoms with Crippen molar-refractivity contribution in [3.8, 4) is 0 Å². The van der Waals surface area contributed by atoms with Crippen LogP contribution in [0.1, 0.15) is 43.3 Å². The maximum Gasteiger partial charge on any atom is 0.389 e. The molecule has 0 aliphatic rings. The minimum absolute atomic E-state index is 0.154. The van der Waals surface area contributed by atoms with Crippen LogP contribution in [0.5, 0.6) is 0 Å². The van der Waals surface area contributed by atoms with Crippen LogP contribution in [0.2, 0.25) is 0 Å². The second-order valence-electron chi connectivity index (χ2n) is 4.29. The predicted octanol–water partition coefficient (Wildman–Crippen LogP) is 2.99. The van der Waals surface area contributed by atoms with Gasteiger partial charge in [-0.25, -0.2) is 9.97 Å². The smallest absolute Gasteiger partial charge is 0.383 e. The third kappa shape index (κ3) is 3.87. The fraction of sp³-hybridized carbons (Fsp3) is 0.636. The Bertz CT molecular complexity index is 376. The third-order valence-electron chi connectivity index (χ3n) is 2.42. The van der Waals surface area contributed by atoms with Gasteiger partial charge in [0.05, 0.1) is 6.42 Å². The van der Waals surface area contributed by atoms with Crippen LogP contribution in [0.15, 0.2) is 0 Å². The monoisotopic (exact) mass is 247 g/mol. The quantitative estimate of drug-likeness (QED) is 0.893. The van der Waals surface area contributed by atoms with Crippen LogP contribution in [0.25, 0.3) is 0 Å². The second-order valence-corrected chi connectivity index (χ2v) is 4.29. The lowest BCUT2D eigenvalue weighted by Crippen LogP contribution is -2.13. The van der Waals surface area contributed by atoms with Crippen molar-refractivity contribution in [2.75, 3.05) is 5.73 Å². The highest BCUT2D eigenvalue weighted by molar-refractivity contribution is 5.44. The molecule has 6 heteroatoms. The van der Waals surface area contributed by atoms with Gasteiger partial charge in [-0.1, -0.05) is 13.8 Å². The van der Waals surface area contributed by atoms with E-state index in [-0.39, 0.29) is 24.0 Å². The Hall–Kier alpha value is -1.33. The molecule has 0 radical (unpaired) electrons. The summed E-state index contributed by atoms with van der Waals surface area (Å²) in [6.45, 7) is 5.62. The molecule has 2 N–H and O–H groups in total. The average Bonchev–Trinajstić information content (AvgIpc) is 2.11. The van der Waals surface area contributed by atoms with Gasteiger partial charge in [-0.15, -0.1) is 0 Å². The summed E-state index contributed by atoms with van der Waals surface area (Å²) in [6.07, 6.45) is -5.34. The van der Waals surface area contributed by atoms with Crippen LogP contribution in [0.4, 0.5) is 19.0 Å². The molecule has 0 saturated carbocycles. The molecule has 1 aromatic rings. The molecule has 96 valence electrons. The van der Waals surface area contributed by atoms with Crippen molar-refractivity contribution < 1.29 is 13.2 Å². The molecular formula is C11H16F3N3. The molecule has 0 bridgehead atoms. The van der Waals surface area contributed by atoms with E-state index in [1.807, 2.05) is 13.8 Å². The molecule has 1 aromatic heterocycles.